The summed E-state index contributed by atoms with van der Waals surface area (Å²) in [4.78, 5) is 2.11. The van der Waals surface area contributed by atoms with Gasteiger partial charge in [-0.2, -0.15) is 0 Å². The van der Waals surface area contributed by atoms with Crippen LogP contribution in [-0.2, 0) is 9.47 Å². The van der Waals surface area contributed by atoms with E-state index in [0.29, 0.717) is 36.9 Å². The number of benzene rings is 1. The topological polar surface area (TPSA) is 47.7 Å². The highest BCUT2D eigenvalue weighted by atomic mass is 35.5. The molecule has 0 heterocycles. The predicted octanol–water partition coefficient (Wildman–Crippen LogP) is 2.46. The van der Waals surface area contributed by atoms with Gasteiger partial charge in [-0.05, 0) is 24.6 Å². The summed E-state index contributed by atoms with van der Waals surface area (Å²) in [7, 11) is 3.31. The van der Waals surface area contributed by atoms with E-state index in [4.69, 9.17) is 26.8 Å². The van der Waals surface area contributed by atoms with Crippen LogP contribution in [0, 0.1) is 5.82 Å². The Balaban J connectivity index is 2.90. The molecule has 1 rings (SSSR count). The lowest BCUT2D eigenvalue weighted by Crippen LogP contribution is -2.37. The standard InChI is InChI=1S/C15H24ClFN2O2/c1-20-8-3-6-19(7-9-21-2)15(11-18)13-10-12(16)4-5-14(13)17/h4-5,10,15H,3,6-9,11,18H2,1-2H3. The van der Waals surface area contributed by atoms with Gasteiger partial charge in [0.1, 0.15) is 5.82 Å². The predicted molar refractivity (Wildman–Crippen MR) is 83.1 cm³/mol. The van der Waals surface area contributed by atoms with E-state index >= 15 is 0 Å². The highest BCUT2D eigenvalue weighted by Gasteiger charge is 2.22. The summed E-state index contributed by atoms with van der Waals surface area (Å²) in [6.45, 7) is 2.96. The molecular weight excluding hydrogens is 295 g/mol. The minimum absolute atomic E-state index is 0.226. The lowest BCUT2D eigenvalue weighted by molar-refractivity contribution is 0.107. The fourth-order valence-electron chi connectivity index (χ4n) is 2.29. The van der Waals surface area contributed by atoms with Crippen molar-refractivity contribution in [2.45, 2.75) is 12.5 Å². The summed E-state index contributed by atoms with van der Waals surface area (Å²) >= 11 is 5.98. The number of halogens is 2. The van der Waals surface area contributed by atoms with Crippen LogP contribution in [0.1, 0.15) is 18.0 Å². The molecule has 0 saturated heterocycles. The highest BCUT2D eigenvalue weighted by molar-refractivity contribution is 6.30. The Morgan fingerprint density at radius 3 is 2.57 bits per heavy atom. The van der Waals surface area contributed by atoms with E-state index in [1.165, 1.54) is 6.07 Å². The Morgan fingerprint density at radius 1 is 1.24 bits per heavy atom. The smallest absolute Gasteiger partial charge is 0.128 e. The van der Waals surface area contributed by atoms with Gasteiger partial charge in [-0.25, -0.2) is 4.39 Å². The van der Waals surface area contributed by atoms with Crippen LogP contribution in [0.25, 0.3) is 0 Å². The van der Waals surface area contributed by atoms with Crippen LogP contribution in [0.3, 0.4) is 0 Å². The Kier molecular flexibility index (Phi) is 8.80. The molecule has 4 nitrogen and oxygen atoms in total. The maximum Gasteiger partial charge on any atom is 0.128 e. The number of nitrogens with zero attached hydrogens (tertiary/aromatic N) is 1. The molecule has 0 spiro atoms. The molecule has 0 amide bonds. The zero-order valence-corrected chi connectivity index (χ0v) is 13.4. The van der Waals surface area contributed by atoms with Crippen LogP contribution in [0.5, 0.6) is 0 Å². The molecular formula is C15H24ClFN2O2. The second kappa shape index (κ2) is 10.1. The Bertz CT molecular complexity index is 421. The quantitative estimate of drug-likeness (QED) is 0.673. The summed E-state index contributed by atoms with van der Waals surface area (Å²) in [5.74, 6) is -0.288. The van der Waals surface area contributed by atoms with Gasteiger partial charge in [-0.3, -0.25) is 4.90 Å². The maximum atomic E-state index is 14.1. The monoisotopic (exact) mass is 318 g/mol. The SMILES string of the molecule is COCCCN(CCOC)C(CN)c1cc(Cl)ccc1F. The lowest BCUT2D eigenvalue weighted by atomic mass is 10.0. The minimum Gasteiger partial charge on any atom is -0.385 e. The molecule has 120 valence electrons. The van der Waals surface area contributed by atoms with Crippen molar-refractivity contribution in [3.05, 3.63) is 34.6 Å². The van der Waals surface area contributed by atoms with E-state index in [2.05, 4.69) is 4.90 Å². The van der Waals surface area contributed by atoms with Gasteiger partial charge < -0.3 is 15.2 Å². The molecule has 0 aliphatic carbocycles. The van der Waals surface area contributed by atoms with Crippen molar-refractivity contribution >= 4 is 11.6 Å². The molecule has 0 fully saturated rings. The van der Waals surface area contributed by atoms with Gasteiger partial charge in [0.05, 0.1) is 12.6 Å². The third-order valence-electron chi connectivity index (χ3n) is 3.36. The average molecular weight is 319 g/mol. The van der Waals surface area contributed by atoms with E-state index in [1.807, 2.05) is 0 Å². The number of hydrogen-bond acceptors (Lipinski definition) is 4. The first-order valence-electron chi connectivity index (χ1n) is 7.01. The number of methoxy groups -OCH3 is 2. The van der Waals surface area contributed by atoms with Crippen molar-refractivity contribution in [1.29, 1.82) is 0 Å². The Hall–Kier alpha value is -0.720. The van der Waals surface area contributed by atoms with Crippen LogP contribution < -0.4 is 5.73 Å². The molecule has 0 aliphatic heterocycles. The first-order valence-corrected chi connectivity index (χ1v) is 7.38. The number of ether oxygens (including phenoxy) is 2. The van der Waals surface area contributed by atoms with Crippen LogP contribution in [0.2, 0.25) is 5.02 Å². The molecule has 1 aromatic rings. The summed E-state index contributed by atoms with van der Waals surface area (Å²) in [6.07, 6.45) is 0.846. The molecule has 1 unspecified atom stereocenters. The van der Waals surface area contributed by atoms with Gasteiger partial charge in [0, 0.05) is 51.0 Å². The van der Waals surface area contributed by atoms with Gasteiger partial charge in [0.15, 0.2) is 0 Å². The lowest BCUT2D eigenvalue weighted by Gasteiger charge is -2.31. The fraction of sp³-hybridized carbons (Fsp3) is 0.600. The van der Waals surface area contributed by atoms with Crippen molar-refractivity contribution < 1.29 is 13.9 Å². The van der Waals surface area contributed by atoms with Crippen LogP contribution in [0.15, 0.2) is 18.2 Å². The van der Waals surface area contributed by atoms with Gasteiger partial charge >= 0.3 is 0 Å². The molecule has 1 atom stereocenters. The van der Waals surface area contributed by atoms with Crippen LogP contribution >= 0.6 is 11.6 Å². The zero-order valence-electron chi connectivity index (χ0n) is 12.6. The van der Waals surface area contributed by atoms with Gasteiger partial charge in [0.25, 0.3) is 0 Å². The molecule has 0 bridgehead atoms. The second-order valence-corrected chi connectivity index (χ2v) is 5.23. The van der Waals surface area contributed by atoms with E-state index in [1.54, 1.807) is 26.4 Å². The second-order valence-electron chi connectivity index (χ2n) is 4.79. The number of nitrogens with two attached hydrogens (primary N) is 1. The van der Waals surface area contributed by atoms with Crippen molar-refractivity contribution in [3.8, 4) is 0 Å². The van der Waals surface area contributed by atoms with Crippen molar-refractivity contribution in [3.63, 3.8) is 0 Å². The van der Waals surface area contributed by atoms with Crippen molar-refractivity contribution in [2.24, 2.45) is 5.73 Å². The number of hydrogen-bond donors (Lipinski definition) is 1. The molecule has 0 aromatic heterocycles. The van der Waals surface area contributed by atoms with Gasteiger partial charge in [-0.15, -0.1) is 0 Å². The van der Waals surface area contributed by atoms with Gasteiger partial charge in [-0.1, -0.05) is 11.6 Å². The summed E-state index contributed by atoms with van der Waals surface area (Å²) in [5, 5.41) is 0.508. The maximum absolute atomic E-state index is 14.1. The molecule has 21 heavy (non-hydrogen) atoms. The largest absolute Gasteiger partial charge is 0.385 e. The third-order valence-corrected chi connectivity index (χ3v) is 3.59. The number of rotatable bonds is 10. The van der Waals surface area contributed by atoms with Crippen LogP contribution in [0.4, 0.5) is 4.39 Å². The Labute approximate surface area is 131 Å². The van der Waals surface area contributed by atoms with E-state index in [0.717, 1.165) is 13.0 Å². The van der Waals surface area contributed by atoms with E-state index in [9.17, 15) is 4.39 Å². The molecule has 0 radical (unpaired) electrons. The van der Waals surface area contributed by atoms with E-state index < -0.39 is 0 Å². The molecule has 0 aliphatic rings. The van der Waals surface area contributed by atoms with Gasteiger partial charge in [0.2, 0.25) is 0 Å². The molecule has 0 saturated carbocycles. The summed E-state index contributed by atoms with van der Waals surface area (Å²) in [5.41, 5.74) is 6.40. The first-order chi connectivity index (χ1) is 10.1. The van der Waals surface area contributed by atoms with Crippen molar-refractivity contribution in [2.75, 3.05) is 47.1 Å². The van der Waals surface area contributed by atoms with Crippen LogP contribution in [-0.4, -0.2) is 52.0 Å². The zero-order chi connectivity index (χ0) is 15.7. The summed E-state index contributed by atoms with van der Waals surface area (Å²) < 4.78 is 24.3. The average Bonchev–Trinajstić information content (AvgIpc) is 2.48. The Morgan fingerprint density at radius 2 is 1.95 bits per heavy atom. The molecule has 6 heteroatoms. The third kappa shape index (κ3) is 5.88. The first kappa shape index (κ1) is 18.3. The summed E-state index contributed by atoms with van der Waals surface area (Å²) in [6, 6.07) is 4.34. The minimum atomic E-state index is -0.288. The highest BCUT2D eigenvalue weighted by Crippen LogP contribution is 2.25. The van der Waals surface area contributed by atoms with Crippen molar-refractivity contribution in [1.82, 2.24) is 4.90 Å². The fourth-order valence-corrected chi connectivity index (χ4v) is 2.47. The normalized spacial score (nSPS) is 12.9. The molecule has 1 aromatic carbocycles. The molecule has 2 N–H and O–H groups in total. The van der Waals surface area contributed by atoms with E-state index in [-0.39, 0.29) is 11.9 Å².